The van der Waals surface area contributed by atoms with Crippen LogP contribution >= 0.6 is 0 Å². The molecular formula is C28H30F3N5O3. The van der Waals surface area contributed by atoms with Crippen molar-refractivity contribution in [2.24, 2.45) is 18.9 Å². The van der Waals surface area contributed by atoms with E-state index in [9.17, 15) is 23.5 Å². The van der Waals surface area contributed by atoms with Crippen LogP contribution in [0.1, 0.15) is 56.7 Å². The van der Waals surface area contributed by atoms with Crippen molar-refractivity contribution < 1.29 is 27.9 Å². The van der Waals surface area contributed by atoms with Crippen LogP contribution in [0.25, 0.3) is 22.0 Å². The second-order valence-electron chi connectivity index (χ2n) is 10.5. The van der Waals surface area contributed by atoms with Crippen molar-refractivity contribution in [2.75, 3.05) is 5.32 Å². The number of ketones is 1. The summed E-state index contributed by atoms with van der Waals surface area (Å²) in [5.74, 6) is -1.12. The molecule has 1 aliphatic carbocycles. The van der Waals surface area contributed by atoms with Crippen LogP contribution in [0.3, 0.4) is 0 Å². The van der Waals surface area contributed by atoms with Crippen LogP contribution in [0.15, 0.2) is 24.4 Å². The molecule has 8 nitrogen and oxygen atoms in total. The number of alkyl halides is 2. The quantitative estimate of drug-likeness (QED) is 0.406. The van der Waals surface area contributed by atoms with E-state index in [0.29, 0.717) is 29.5 Å². The van der Waals surface area contributed by atoms with Gasteiger partial charge in [0.15, 0.2) is 11.4 Å². The van der Waals surface area contributed by atoms with Crippen LogP contribution in [0.2, 0.25) is 0 Å². The molecule has 4 rings (SSSR count). The second kappa shape index (κ2) is 11.1. The molecule has 0 spiro atoms. The van der Waals surface area contributed by atoms with Crippen molar-refractivity contribution in [3.63, 3.8) is 0 Å². The molecule has 0 saturated heterocycles. The van der Waals surface area contributed by atoms with Gasteiger partial charge in [-0.3, -0.25) is 14.3 Å². The molecule has 1 aromatic carbocycles. The molecular weight excluding hydrogens is 511 g/mol. The van der Waals surface area contributed by atoms with Gasteiger partial charge < -0.3 is 10.4 Å². The summed E-state index contributed by atoms with van der Waals surface area (Å²) in [7, 11) is 1.37. The van der Waals surface area contributed by atoms with Gasteiger partial charge in [-0.15, -0.1) is 0 Å². The third kappa shape index (κ3) is 5.81. The summed E-state index contributed by atoms with van der Waals surface area (Å²) in [6.45, 7) is 2.71. The summed E-state index contributed by atoms with van der Waals surface area (Å²) in [6, 6.07) is 6.18. The standard InChI is InChI=1S/C28H30F3N5O3/c1-15-14-33-23(34-26(38)17-6-4-5-16(9-17)10-19(37)7-8-32)13-20(15)18-11-21-24(22(29)12-18)35-36(3)25(21)28(2,39)27(30)31/h11-14,16-17,27,39H,4-7,9-10H2,1-3H3,(H,33,34,38)/t16-,17+,28-/m1/s1. The summed E-state index contributed by atoms with van der Waals surface area (Å²) in [6.07, 6.45) is 1.39. The Balaban J connectivity index is 1.61. The Morgan fingerprint density at radius 1 is 1.31 bits per heavy atom. The summed E-state index contributed by atoms with van der Waals surface area (Å²) in [4.78, 5) is 29.2. The molecule has 0 bridgehead atoms. The average molecular weight is 542 g/mol. The number of amides is 1. The normalized spacial score (nSPS) is 19.1. The smallest absolute Gasteiger partial charge is 0.272 e. The fourth-order valence-electron chi connectivity index (χ4n) is 5.44. The highest BCUT2D eigenvalue weighted by atomic mass is 19.3. The highest BCUT2D eigenvalue weighted by Gasteiger charge is 2.39. The van der Waals surface area contributed by atoms with Crippen molar-refractivity contribution in [1.29, 1.82) is 5.26 Å². The number of nitrogens with zero attached hydrogens (tertiary/aromatic N) is 4. The first kappa shape index (κ1) is 28.2. The molecule has 3 atom stereocenters. The zero-order chi connectivity index (χ0) is 28.5. The van der Waals surface area contributed by atoms with Gasteiger partial charge in [0.2, 0.25) is 5.91 Å². The lowest BCUT2D eigenvalue weighted by Crippen LogP contribution is -2.33. The molecule has 39 heavy (non-hydrogen) atoms. The van der Waals surface area contributed by atoms with Gasteiger partial charge in [-0.2, -0.15) is 10.4 Å². The topological polar surface area (TPSA) is 121 Å². The first-order valence-electron chi connectivity index (χ1n) is 12.8. The minimum Gasteiger partial charge on any atom is -0.378 e. The number of nitrogens with one attached hydrogen (secondary N) is 1. The number of nitriles is 1. The predicted molar refractivity (Wildman–Crippen MR) is 138 cm³/mol. The van der Waals surface area contributed by atoms with Crippen molar-refractivity contribution >= 4 is 28.4 Å². The van der Waals surface area contributed by atoms with E-state index < -0.39 is 17.8 Å². The number of aromatic nitrogens is 3. The van der Waals surface area contributed by atoms with Crippen molar-refractivity contribution in [1.82, 2.24) is 14.8 Å². The fourth-order valence-corrected chi connectivity index (χ4v) is 5.44. The number of fused-ring (bicyclic) bond motifs is 1. The molecule has 1 saturated carbocycles. The van der Waals surface area contributed by atoms with E-state index in [1.54, 1.807) is 13.0 Å². The number of pyridine rings is 1. The number of aliphatic hydroxyl groups is 1. The summed E-state index contributed by atoms with van der Waals surface area (Å²) >= 11 is 0. The maximum Gasteiger partial charge on any atom is 0.272 e. The van der Waals surface area contributed by atoms with Gasteiger partial charge in [0, 0.05) is 31.0 Å². The Kier molecular flexibility index (Phi) is 8.07. The van der Waals surface area contributed by atoms with E-state index in [0.717, 1.165) is 24.4 Å². The Morgan fingerprint density at radius 3 is 2.74 bits per heavy atom. The zero-order valence-electron chi connectivity index (χ0n) is 22.0. The highest BCUT2D eigenvalue weighted by molar-refractivity contribution is 5.93. The van der Waals surface area contributed by atoms with E-state index in [-0.39, 0.29) is 58.8 Å². The maximum atomic E-state index is 15.1. The summed E-state index contributed by atoms with van der Waals surface area (Å²) < 4.78 is 43.5. The van der Waals surface area contributed by atoms with Crippen LogP contribution in [-0.4, -0.2) is 38.0 Å². The lowest BCUT2D eigenvalue weighted by Gasteiger charge is -2.27. The van der Waals surface area contributed by atoms with Crippen molar-refractivity contribution in [3.8, 4) is 17.2 Å². The molecule has 1 amide bonds. The molecule has 1 fully saturated rings. The highest BCUT2D eigenvalue weighted by Crippen LogP contribution is 2.37. The summed E-state index contributed by atoms with van der Waals surface area (Å²) in [5.41, 5.74) is -1.38. The lowest BCUT2D eigenvalue weighted by atomic mass is 9.78. The number of anilines is 1. The van der Waals surface area contributed by atoms with E-state index >= 15 is 4.39 Å². The minimum atomic E-state index is -3.13. The number of rotatable bonds is 8. The van der Waals surface area contributed by atoms with Gasteiger partial charge in [0.05, 0.1) is 18.2 Å². The fraction of sp³-hybridized carbons (Fsp3) is 0.464. The molecule has 2 heterocycles. The Morgan fingerprint density at radius 2 is 2.05 bits per heavy atom. The number of hydrogen-bond donors (Lipinski definition) is 2. The van der Waals surface area contributed by atoms with Crippen LogP contribution in [-0.2, 0) is 22.2 Å². The SMILES string of the molecule is Cc1cnc(NC(=O)[C@H]2CCC[C@@H](CC(=O)CC#N)C2)cc1-c1cc(F)c2nn(C)c([C@@](C)(O)C(F)F)c2c1. The average Bonchev–Trinajstić information content (AvgIpc) is 3.22. The molecule has 0 unspecified atom stereocenters. The number of Topliss-reactive ketones (excluding diaryl/α,β-unsaturated/α-hetero) is 1. The molecule has 0 aliphatic heterocycles. The molecule has 11 heteroatoms. The second-order valence-corrected chi connectivity index (χ2v) is 10.5. The van der Waals surface area contributed by atoms with Crippen LogP contribution in [0.4, 0.5) is 19.0 Å². The lowest BCUT2D eigenvalue weighted by molar-refractivity contribution is -0.123. The molecule has 2 N–H and O–H groups in total. The number of benzene rings is 1. The van der Waals surface area contributed by atoms with Gasteiger partial charge in [0.25, 0.3) is 6.43 Å². The van der Waals surface area contributed by atoms with Crippen LogP contribution in [0.5, 0.6) is 0 Å². The largest absolute Gasteiger partial charge is 0.378 e. The van der Waals surface area contributed by atoms with Crippen LogP contribution in [0, 0.1) is 35.9 Å². The van der Waals surface area contributed by atoms with Crippen molar-refractivity contribution in [2.45, 2.75) is 64.4 Å². The summed E-state index contributed by atoms with van der Waals surface area (Å²) in [5, 5.41) is 26.1. The minimum absolute atomic E-state index is 0.0470. The molecule has 3 aromatic rings. The van der Waals surface area contributed by atoms with Gasteiger partial charge in [-0.05, 0) is 73.9 Å². The molecule has 206 valence electrons. The van der Waals surface area contributed by atoms with E-state index in [4.69, 9.17) is 5.26 Å². The zero-order valence-corrected chi connectivity index (χ0v) is 22.0. The number of hydrogen-bond acceptors (Lipinski definition) is 6. The van der Waals surface area contributed by atoms with Crippen LogP contribution < -0.4 is 5.32 Å². The van der Waals surface area contributed by atoms with E-state index in [1.807, 2.05) is 6.07 Å². The first-order chi connectivity index (χ1) is 18.4. The van der Waals surface area contributed by atoms with Gasteiger partial charge in [0.1, 0.15) is 17.1 Å². The Labute approximate surface area is 223 Å². The van der Waals surface area contributed by atoms with E-state index in [1.165, 1.54) is 25.4 Å². The molecule has 0 radical (unpaired) electrons. The third-order valence-electron chi connectivity index (χ3n) is 7.41. The number of carbonyl (C=O) groups is 2. The first-order valence-corrected chi connectivity index (χ1v) is 12.8. The third-order valence-corrected chi connectivity index (χ3v) is 7.41. The van der Waals surface area contributed by atoms with Crippen molar-refractivity contribution in [3.05, 3.63) is 41.5 Å². The predicted octanol–water partition coefficient (Wildman–Crippen LogP) is 5.17. The van der Waals surface area contributed by atoms with Gasteiger partial charge >= 0.3 is 0 Å². The number of aryl methyl sites for hydroxylation is 2. The Bertz CT molecular complexity index is 1460. The van der Waals surface area contributed by atoms with E-state index in [2.05, 4.69) is 15.4 Å². The number of carbonyl (C=O) groups excluding carboxylic acids is 2. The van der Waals surface area contributed by atoms with Gasteiger partial charge in [-0.1, -0.05) is 6.42 Å². The molecule has 1 aliphatic rings. The monoisotopic (exact) mass is 541 g/mol. The number of halogens is 3. The maximum absolute atomic E-state index is 15.1. The molecule has 2 aromatic heterocycles. The van der Waals surface area contributed by atoms with Gasteiger partial charge in [-0.25, -0.2) is 18.2 Å². The Hall–Kier alpha value is -3.78.